The van der Waals surface area contributed by atoms with Crippen LogP contribution in [0.5, 0.6) is 5.75 Å². The maximum absolute atomic E-state index is 11.9. The second-order valence-corrected chi connectivity index (χ2v) is 4.25. The average Bonchev–Trinajstić information content (AvgIpc) is 2.36. The number of nitrogens with one attached hydrogen (secondary N) is 1. The van der Waals surface area contributed by atoms with Crippen LogP contribution in [0.3, 0.4) is 0 Å². The zero-order valence-electron chi connectivity index (χ0n) is 10.8. The molecule has 0 heterocycles. The number of ether oxygens (including phenoxy) is 1. The van der Waals surface area contributed by atoms with Gasteiger partial charge in [0.25, 0.3) is 5.91 Å². The summed E-state index contributed by atoms with van der Waals surface area (Å²) in [7, 11) is 1.51. The third kappa shape index (κ3) is 3.63. The Bertz CT molecular complexity index is 407. The van der Waals surface area contributed by atoms with Crippen molar-refractivity contribution in [3.8, 4) is 5.75 Å². The van der Waals surface area contributed by atoms with Crippen LogP contribution in [0, 0.1) is 5.92 Å². The van der Waals surface area contributed by atoms with Crippen molar-refractivity contribution < 1.29 is 14.6 Å². The van der Waals surface area contributed by atoms with Crippen molar-refractivity contribution in [2.45, 2.75) is 13.3 Å². The van der Waals surface area contributed by atoms with E-state index >= 15 is 0 Å². The van der Waals surface area contributed by atoms with Crippen molar-refractivity contribution >= 4 is 11.6 Å². The van der Waals surface area contributed by atoms with E-state index in [9.17, 15) is 4.79 Å². The van der Waals surface area contributed by atoms with E-state index in [-0.39, 0.29) is 18.4 Å². The summed E-state index contributed by atoms with van der Waals surface area (Å²) in [4.78, 5) is 11.9. The number of hydrogen-bond donors (Lipinski definition) is 3. The summed E-state index contributed by atoms with van der Waals surface area (Å²) >= 11 is 0. The third-order valence-electron chi connectivity index (χ3n) is 2.76. The van der Waals surface area contributed by atoms with E-state index in [0.717, 1.165) is 0 Å². The Morgan fingerprint density at radius 2 is 2.28 bits per heavy atom. The van der Waals surface area contributed by atoms with Crippen molar-refractivity contribution in [3.05, 3.63) is 23.8 Å². The van der Waals surface area contributed by atoms with Crippen molar-refractivity contribution in [2.24, 2.45) is 5.92 Å². The predicted molar refractivity (Wildman–Crippen MR) is 70.6 cm³/mol. The molecule has 5 heteroatoms. The highest BCUT2D eigenvalue weighted by atomic mass is 16.5. The van der Waals surface area contributed by atoms with Crippen LogP contribution in [0.25, 0.3) is 0 Å². The number of methoxy groups -OCH3 is 1. The Morgan fingerprint density at radius 3 is 2.89 bits per heavy atom. The van der Waals surface area contributed by atoms with Crippen LogP contribution in [0.2, 0.25) is 0 Å². The largest absolute Gasteiger partial charge is 0.495 e. The molecule has 0 bridgehead atoms. The van der Waals surface area contributed by atoms with Crippen LogP contribution in [0.15, 0.2) is 18.2 Å². The van der Waals surface area contributed by atoms with Gasteiger partial charge in [-0.15, -0.1) is 0 Å². The van der Waals surface area contributed by atoms with Crippen LogP contribution in [-0.4, -0.2) is 31.3 Å². The minimum atomic E-state index is -0.226. The molecule has 0 aliphatic heterocycles. The van der Waals surface area contributed by atoms with E-state index in [1.165, 1.54) is 7.11 Å². The standard InChI is InChI=1S/C13H20N2O3/c1-9(6-7-16)8-15-13(17)10-4-3-5-11(18-2)12(10)14/h3-5,9,16H,6-8,14H2,1-2H3,(H,15,17). The molecule has 0 saturated carbocycles. The lowest BCUT2D eigenvalue weighted by atomic mass is 10.1. The third-order valence-corrected chi connectivity index (χ3v) is 2.76. The Labute approximate surface area is 107 Å². The average molecular weight is 252 g/mol. The van der Waals surface area contributed by atoms with E-state index in [2.05, 4.69) is 5.32 Å². The number of hydrogen-bond acceptors (Lipinski definition) is 4. The van der Waals surface area contributed by atoms with Gasteiger partial charge in [0.15, 0.2) is 0 Å². The van der Waals surface area contributed by atoms with E-state index < -0.39 is 0 Å². The molecule has 0 saturated heterocycles. The molecule has 1 atom stereocenters. The second-order valence-electron chi connectivity index (χ2n) is 4.25. The summed E-state index contributed by atoms with van der Waals surface area (Å²) in [6.07, 6.45) is 0.661. The number of carbonyl (C=O) groups is 1. The van der Waals surface area contributed by atoms with Crippen LogP contribution in [0.1, 0.15) is 23.7 Å². The fourth-order valence-electron chi connectivity index (χ4n) is 1.60. The van der Waals surface area contributed by atoms with E-state index in [4.69, 9.17) is 15.6 Å². The number of nitrogen functional groups attached to an aromatic ring is 1. The second kappa shape index (κ2) is 6.86. The molecule has 0 aromatic heterocycles. The number of anilines is 1. The molecule has 1 rings (SSSR count). The molecule has 100 valence electrons. The smallest absolute Gasteiger partial charge is 0.253 e. The van der Waals surface area contributed by atoms with Gasteiger partial charge in [-0.05, 0) is 24.5 Å². The summed E-state index contributed by atoms with van der Waals surface area (Å²) in [6, 6.07) is 5.09. The van der Waals surface area contributed by atoms with Gasteiger partial charge in [0.1, 0.15) is 5.75 Å². The molecule has 0 radical (unpaired) electrons. The quantitative estimate of drug-likeness (QED) is 0.660. The molecule has 4 N–H and O–H groups in total. The SMILES string of the molecule is COc1cccc(C(=O)NCC(C)CCO)c1N. The van der Waals surface area contributed by atoms with E-state index in [0.29, 0.717) is 30.0 Å². The maximum atomic E-state index is 11.9. The van der Waals surface area contributed by atoms with Crippen LogP contribution in [-0.2, 0) is 0 Å². The first-order valence-electron chi connectivity index (χ1n) is 5.91. The Hall–Kier alpha value is -1.75. The number of rotatable bonds is 6. The lowest BCUT2D eigenvalue weighted by Crippen LogP contribution is -2.29. The first-order valence-corrected chi connectivity index (χ1v) is 5.91. The van der Waals surface area contributed by atoms with Crippen LogP contribution in [0.4, 0.5) is 5.69 Å². The monoisotopic (exact) mass is 252 g/mol. The van der Waals surface area contributed by atoms with Gasteiger partial charge in [0.05, 0.1) is 18.4 Å². The summed E-state index contributed by atoms with van der Waals surface area (Å²) in [5.74, 6) is 0.494. The van der Waals surface area contributed by atoms with Gasteiger partial charge in [-0.3, -0.25) is 4.79 Å². The zero-order chi connectivity index (χ0) is 13.5. The van der Waals surface area contributed by atoms with E-state index in [1.807, 2.05) is 6.92 Å². The van der Waals surface area contributed by atoms with Gasteiger partial charge in [-0.1, -0.05) is 13.0 Å². The number of aliphatic hydroxyl groups is 1. The van der Waals surface area contributed by atoms with Crippen LogP contribution < -0.4 is 15.8 Å². The number of para-hydroxylation sites is 1. The fraction of sp³-hybridized carbons (Fsp3) is 0.462. The minimum absolute atomic E-state index is 0.123. The molecule has 0 fully saturated rings. The highest BCUT2D eigenvalue weighted by Gasteiger charge is 2.13. The fourth-order valence-corrected chi connectivity index (χ4v) is 1.60. The van der Waals surface area contributed by atoms with E-state index in [1.54, 1.807) is 18.2 Å². The normalized spacial score (nSPS) is 11.9. The van der Waals surface area contributed by atoms with Gasteiger partial charge in [0.2, 0.25) is 0 Å². The molecule has 1 amide bonds. The molecule has 0 aliphatic rings. The predicted octanol–water partition coefficient (Wildman–Crippen LogP) is 1.03. The number of amides is 1. The molecule has 1 aromatic rings. The molecule has 0 aliphatic carbocycles. The highest BCUT2D eigenvalue weighted by Crippen LogP contribution is 2.24. The molecular formula is C13H20N2O3. The molecule has 18 heavy (non-hydrogen) atoms. The minimum Gasteiger partial charge on any atom is -0.495 e. The zero-order valence-corrected chi connectivity index (χ0v) is 10.8. The summed E-state index contributed by atoms with van der Waals surface area (Å²) in [5.41, 5.74) is 6.58. The number of aliphatic hydroxyl groups excluding tert-OH is 1. The van der Waals surface area contributed by atoms with Gasteiger partial charge in [-0.25, -0.2) is 0 Å². The highest BCUT2D eigenvalue weighted by molar-refractivity contribution is 6.00. The van der Waals surface area contributed by atoms with Crippen molar-refractivity contribution in [3.63, 3.8) is 0 Å². The summed E-state index contributed by atoms with van der Waals surface area (Å²) in [5, 5.41) is 11.6. The van der Waals surface area contributed by atoms with Crippen molar-refractivity contribution in [1.82, 2.24) is 5.32 Å². The lowest BCUT2D eigenvalue weighted by Gasteiger charge is -2.13. The Balaban J connectivity index is 2.67. The van der Waals surface area contributed by atoms with Gasteiger partial charge < -0.3 is 20.9 Å². The molecule has 5 nitrogen and oxygen atoms in total. The van der Waals surface area contributed by atoms with Gasteiger partial charge in [-0.2, -0.15) is 0 Å². The molecular weight excluding hydrogens is 232 g/mol. The summed E-state index contributed by atoms with van der Waals surface area (Å²) < 4.78 is 5.06. The van der Waals surface area contributed by atoms with Crippen molar-refractivity contribution in [1.29, 1.82) is 0 Å². The van der Waals surface area contributed by atoms with Crippen LogP contribution >= 0.6 is 0 Å². The number of nitrogens with two attached hydrogens (primary N) is 1. The molecule has 0 spiro atoms. The summed E-state index contributed by atoms with van der Waals surface area (Å²) in [6.45, 7) is 2.60. The Kier molecular flexibility index (Phi) is 5.45. The lowest BCUT2D eigenvalue weighted by molar-refractivity contribution is 0.0946. The topological polar surface area (TPSA) is 84.6 Å². The maximum Gasteiger partial charge on any atom is 0.253 e. The van der Waals surface area contributed by atoms with Gasteiger partial charge in [0, 0.05) is 13.2 Å². The number of carbonyl (C=O) groups excluding carboxylic acids is 1. The number of benzene rings is 1. The Morgan fingerprint density at radius 1 is 1.56 bits per heavy atom. The first-order chi connectivity index (χ1) is 8.60. The first kappa shape index (κ1) is 14.3. The molecule has 1 aromatic carbocycles. The van der Waals surface area contributed by atoms with Crippen molar-refractivity contribution in [2.75, 3.05) is 26.0 Å². The van der Waals surface area contributed by atoms with Gasteiger partial charge >= 0.3 is 0 Å². The molecule has 1 unspecified atom stereocenters.